The normalized spacial score (nSPS) is 15.1. The van der Waals surface area contributed by atoms with E-state index in [0.29, 0.717) is 0 Å². The molecule has 0 nitrogen and oxygen atoms in total. The zero-order valence-corrected chi connectivity index (χ0v) is 27.6. The second kappa shape index (κ2) is 9.16. The van der Waals surface area contributed by atoms with Crippen LogP contribution in [0, 0.1) is 6.92 Å². The van der Waals surface area contributed by atoms with Crippen molar-refractivity contribution in [1.82, 2.24) is 0 Å². The molecular weight excluding hydrogens is 557 g/mol. The molecule has 0 N–H and O–H groups in total. The highest BCUT2D eigenvalue weighted by Gasteiger charge is 2.38. The van der Waals surface area contributed by atoms with E-state index in [1.54, 1.807) is 10.4 Å². The van der Waals surface area contributed by atoms with Gasteiger partial charge in [0.15, 0.2) is 0 Å². The summed E-state index contributed by atoms with van der Waals surface area (Å²) >= 11 is 0. The molecule has 2 aliphatic rings. The third kappa shape index (κ3) is 3.59. The molecule has 0 bridgehead atoms. The third-order valence-electron chi connectivity index (χ3n) is 10.9. The smallest absolute Gasteiger partial charge is 0.0623 e. The monoisotopic (exact) mass is 592 g/mol. The summed E-state index contributed by atoms with van der Waals surface area (Å²) in [4.78, 5) is 0. The Morgan fingerprint density at radius 1 is 0.444 bits per heavy atom. The van der Waals surface area contributed by atoms with Gasteiger partial charge in [0.05, 0.1) is 0 Å². The Morgan fingerprint density at radius 2 is 1.00 bits per heavy atom. The molecule has 0 radical (unpaired) electrons. The molecule has 1 aliphatic heterocycles. The van der Waals surface area contributed by atoms with Gasteiger partial charge in [-0.05, 0) is 107 Å². The highest BCUT2D eigenvalue weighted by molar-refractivity contribution is 7.03. The van der Waals surface area contributed by atoms with Gasteiger partial charge < -0.3 is 0 Å². The Balaban J connectivity index is 1.34. The number of hydrogen-bond donors (Lipinski definition) is 0. The standard InChI is InChI=1S/C44H36Si/c1-27-18-21-34-37(24-27)43(28-19-22-39-35(25-28)30-12-8-10-16-38(30)44(39,2)3)33-15-7-6-14-32(33)42(34)29-20-23-41-36(26-29)31-13-9-11-17-40(31)45(41,4)5/h6-26H,1-5H3. The van der Waals surface area contributed by atoms with Crippen LogP contribution in [0.25, 0.3) is 66.1 Å². The quantitative estimate of drug-likeness (QED) is 0.138. The molecule has 7 aromatic rings. The molecule has 0 unspecified atom stereocenters. The van der Waals surface area contributed by atoms with Crippen LogP contribution in [0.1, 0.15) is 30.5 Å². The molecule has 45 heavy (non-hydrogen) atoms. The summed E-state index contributed by atoms with van der Waals surface area (Å²) in [7, 11) is -1.72. The second-order valence-corrected chi connectivity index (χ2v) is 18.5. The van der Waals surface area contributed by atoms with Crippen molar-refractivity contribution < 1.29 is 0 Å². The zero-order valence-electron chi connectivity index (χ0n) is 26.6. The second-order valence-electron chi connectivity index (χ2n) is 14.2. The van der Waals surface area contributed by atoms with Crippen LogP contribution in [0.2, 0.25) is 13.1 Å². The molecule has 0 atom stereocenters. The first-order chi connectivity index (χ1) is 21.7. The summed E-state index contributed by atoms with van der Waals surface area (Å²) in [6, 6.07) is 48.7. The maximum absolute atomic E-state index is 2.50. The van der Waals surface area contributed by atoms with Gasteiger partial charge in [0.25, 0.3) is 0 Å². The van der Waals surface area contributed by atoms with Crippen molar-refractivity contribution in [2.45, 2.75) is 39.3 Å². The average molecular weight is 593 g/mol. The molecule has 7 aromatic carbocycles. The van der Waals surface area contributed by atoms with Crippen molar-refractivity contribution >= 4 is 40.0 Å². The molecule has 0 saturated carbocycles. The van der Waals surface area contributed by atoms with Gasteiger partial charge in [-0.25, -0.2) is 0 Å². The molecule has 0 aromatic heterocycles. The van der Waals surface area contributed by atoms with Crippen molar-refractivity contribution in [2.75, 3.05) is 0 Å². The van der Waals surface area contributed by atoms with Gasteiger partial charge in [-0.2, -0.15) is 0 Å². The van der Waals surface area contributed by atoms with E-state index in [1.165, 1.54) is 82.7 Å². The van der Waals surface area contributed by atoms with Crippen LogP contribution in [0.4, 0.5) is 0 Å². The first kappa shape index (κ1) is 26.7. The summed E-state index contributed by atoms with van der Waals surface area (Å²) in [6.45, 7) is 11.9. The van der Waals surface area contributed by atoms with Crippen molar-refractivity contribution in [3.8, 4) is 44.5 Å². The maximum Gasteiger partial charge on any atom is 0.113 e. The van der Waals surface area contributed by atoms with Gasteiger partial charge in [0, 0.05) is 5.41 Å². The van der Waals surface area contributed by atoms with Crippen LogP contribution >= 0.6 is 0 Å². The Bertz CT molecular complexity index is 2390. The fourth-order valence-corrected chi connectivity index (χ4v) is 11.7. The molecule has 1 heteroatoms. The fraction of sp³-hybridized carbons (Fsp3) is 0.136. The number of hydrogen-bond acceptors (Lipinski definition) is 0. The van der Waals surface area contributed by atoms with E-state index < -0.39 is 8.07 Å². The van der Waals surface area contributed by atoms with Crippen LogP contribution in [-0.4, -0.2) is 8.07 Å². The summed E-state index contributed by atoms with van der Waals surface area (Å²) in [5.74, 6) is 0. The summed E-state index contributed by atoms with van der Waals surface area (Å²) in [5.41, 5.74) is 15.0. The first-order valence-electron chi connectivity index (χ1n) is 16.2. The Morgan fingerprint density at radius 3 is 1.78 bits per heavy atom. The van der Waals surface area contributed by atoms with E-state index >= 15 is 0 Å². The lowest BCUT2D eigenvalue weighted by Gasteiger charge is -2.22. The van der Waals surface area contributed by atoms with Crippen LogP contribution in [-0.2, 0) is 5.41 Å². The van der Waals surface area contributed by atoms with Gasteiger partial charge in [0.2, 0.25) is 0 Å². The van der Waals surface area contributed by atoms with Crippen molar-refractivity contribution in [3.05, 3.63) is 144 Å². The van der Waals surface area contributed by atoms with E-state index in [2.05, 4.69) is 161 Å². The molecule has 0 fully saturated rings. The van der Waals surface area contributed by atoms with Crippen LogP contribution in [0.15, 0.2) is 127 Å². The highest BCUT2D eigenvalue weighted by atomic mass is 28.3. The molecule has 1 aliphatic carbocycles. The minimum absolute atomic E-state index is 0.00134. The van der Waals surface area contributed by atoms with E-state index in [9.17, 15) is 0 Å². The number of benzene rings is 7. The summed E-state index contributed by atoms with van der Waals surface area (Å²) in [5, 5.41) is 8.37. The molecule has 0 saturated heterocycles. The van der Waals surface area contributed by atoms with Crippen molar-refractivity contribution in [3.63, 3.8) is 0 Å². The van der Waals surface area contributed by atoms with E-state index in [4.69, 9.17) is 0 Å². The van der Waals surface area contributed by atoms with E-state index in [-0.39, 0.29) is 5.41 Å². The third-order valence-corrected chi connectivity index (χ3v) is 14.5. The average Bonchev–Trinajstić information content (AvgIpc) is 3.42. The minimum Gasteiger partial charge on any atom is -0.0623 e. The van der Waals surface area contributed by atoms with Crippen LogP contribution < -0.4 is 10.4 Å². The van der Waals surface area contributed by atoms with Gasteiger partial charge in [-0.15, -0.1) is 0 Å². The number of fused-ring (bicyclic) bond motifs is 8. The lowest BCUT2D eigenvalue weighted by molar-refractivity contribution is 0.660. The molecule has 9 rings (SSSR count). The van der Waals surface area contributed by atoms with Crippen LogP contribution in [0.5, 0.6) is 0 Å². The topological polar surface area (TPSA) is 0 Å². The van der Waals surface area contributed by atoms with Gasteiger partial charge >= 0.3 is 0 Å². The number of aryl methyl sites for hydroxylation is 1. The van der Waals surface area contributed by atoms with Gasteiger partial charge in [-0.1, -0.05) is 148 Å². The predicted octanol–water partition coefficient (Wildman–Crippen LogP) is 10.7. The lowest BCUT2D eigenvalue weighted by atomic mass is 9.81. The molecule has 0 amide bonds. The van der Waals surface area contributed by atoms with Gasteiger partial charge in [0.1, 0.15) is 8.07 Å². The number of rotatable bonds is 2. The van der Waals surface area contributed by atoms with E-state index in [0.717, 1.165) is 0 Å². The van der Waals surface area contributed by atoms with Crippen molar-refractivity contribution in [2.24, 2.45) is 0 Å². The Hall–Kier alpha value is -4.72. The summed E-state index contributed by atoms with van der Waals surface area (Å²) < 4.78 is 0. The summed E-state index contributed by atoms with van der Waals surface area (Å²) in [6.07, 6.45) is 0. The lowest BCUT2D eigenvalue weighted by Crippen LogP contribution is -2.49. The molecule has 0 spiro atoms. The van der Waals surface area contributed by atoms with Gasteiger partial charge in [-0.3, -0.25) is 0 Å². The SMILES string of the molecule is Cc1ccc2c(-c3ccc4c(c3)-c3ccccc3[Si]4(C)C)c3ccccc3c(-c3ccc4c(c3)-c3ccccc3C4(C)C)c2c1. The largest absolute Gasteiger partial charge is 0.113 e. The van der Waals surface area contributed by atoms with Crippen molar-refractivity contribution in [1.29, 1.82) is 0 Å². The highest BCUT2D eigenvalue weighted by Crippen LogP contribution is 2.51. The minimum atomic E-state index is -1.72. The molecule has 216 valence electrons. The Kier molecular flexibility index (Phi) is 5.42. The molecular formula is C44H36Si. The Labute approximate surface area is 267 Å². The zero-order chi connectivity index (χ0) is 30.7. The first-order valence-corrected chi connectivity index (χ1v) is 19.2. The van der Waals surface area contributed by atoms with Crippen LogP contribution in [0.3, 0.4) is 0 Å². The predicted molar refractivity (Wildman–Crippen MR) is 197 cm³/mol. The van der Waals surface area contributed by atoms with E-state index in [1.807, 2.05) is 0 Å². The molecule has 1 heterocycles. The maximum atomic E-state index is 2.50. The fourth-order valence-electron chi connectivity index (χ4n) is 8.67.